The second-order valence-corrected chi connectivity index (χ2v) is 10.2. The van der Waals surface area contributed by atoms with Crippen molar-refractivity contribution < 1.29 is 27.5 Å². The number of rotatable bonds is 7. The third-order valence-corrected chi connectivity index (χ3v) is 7.70. The predicted molar refractivity (Wildman–Crippen MR) is 125 cm³/mol. The molecule has 1 heterocycles. The maximum absolute atomic E-state index is 13.5. The topological polar surface area (TPSA) is 102 Å². The van der Waals surface area contributed by atoms with Crippen LogP contribution in [0.25, 0.3) is 0 Å². The molecule has 178 valence electrons. The van der Waals surface area contributed by atoms with Gasteiger partial charge in [-0.15, -0.1) is 0 Å². The van der Waals surface area contributed by atoms with Crippen LogP contribution in [0.5, 0.6) is 5.75 Å². The van der Waals surface area contributed by atoms with E-state index in [0.29, 0.717) is 25.1 Å². The van der Waals surface area contributed by atoms with Gasteiger partial charge in [-0.3, -0.25) is 4.79 Å². The number of carbonyl (C=O) groups excluding carboxylic acids is 2. The number of hydrogen-bond acceptors (Lipinski definition) is 6. The van der Waals surface area contributed by atoms with E-state index >= 15 is 0 Å². The van der Waals surface area contributed by atoms with Gasteiger partial charge in [0.25, 0.3) is 0 Å². The molecule has 3 rings (SSSR count). The van der Waals surface area contributed by atoms with Crippen LogP contribution in [0.1, 0.15) is 48.5 Å². The first-order valence-corrected chi connectivity index (χ1v) is 12.3. The molecule has 8 nitrogen and oxygen atoms in total. The summed E-state index contributed by atoms with van der Waals surface area (Å²) in [7, 11) is -1.16. The summed E-state index contributed by atoms with van der Waals surface area (Å²) in [5.41, 5.74) is 1.46. The SMILES string of the molecule is COC(=O)c1ccccc1NC(=O)[C@@H]1CCCN(S(=O)(=O)c2cc(C(C)C)ccc2OC)C1. The van der Waals surface area contributed by atoms with Crippen LogP contribution in [0, 0.1) is 5.92 Å². The number of methoxy groups -OCH3 is 2. The zero-order chi connectivity index (χ0) is 24.2. The third kappa shape index (κ3) is 5.36. The minimum atomic E-state index is -3.87. The van der Waals surface area contributed by atoms with E-state index in [1.54, 1.807) is 36.4 Å². The molecule has 0 bridgehead atoms. The maximum Gasteiger partial charge on any atom is 0.339 e. The van der Waals surface area contributed by atoms with Crippen molar-refractivity contribution in [1.29, 1.82) is 0 Å². The fourth-order valence-electron chi connectivity index (χ4n) is 3.88. The van der Waals surface area contributed by atoms with Crippen LogP contribution in [0.3, 0.4) is 0 Å². The number of sulfonamides is 1. The zero-order valence-corrected chi connectivity index (χ0v) is 20.1. The van der Waals surface area contributed by atoms with Gasteiger partial charge in [0.15, 0.2) is 0 Å². The van der Waals surface area contributed by atoms with Gasteiger partial charge in [0.05, 0.1) is 31.4 Å². The number of anilines is 1. The molecule has 1 atom stereocenters. The number of nitrogens with one attached hydrogen (secondary N) is 1. The number of carbonyl (C=O) groups is 2. The van der Waals surface area contributed by atoms with Crippen LogP contribution in [-0.2, 0) is 19.6 Å². The first kappa shape index (κ1) is 24.7. The fourth-order valence-corrected chi connectivity index (χ4v) is 5.60. The van der Waals surface area contributed by atoms with Crippen molar-refractivity contribution in [2.45, 2.75) is 37.5 Å². The molecule has 0 aliphatic carbocycles. The molecule has 0 radical (unpaired) electrons. The molecule has 2 aromatic carbocycles. The Morgan fingerprint density at radius 2 is 1.85 bits per heavy atom. The molecule has 0 unspecified atom stereocenters. The van der Waals surface area contributed by atoms with Gasteiger partial charge < -0.3 is 14.8 Å². The Hall–Kier alpha value is -2.91. The van der Waals surface area contributed by atoms with Crippen LogP contribution in [0.4, 0.5) is 5.69 Å². The van der Waals surface area contributed by atoms with Crippen molar-refractivity contribution in [2.75, 3.05) is 32.6 Å². The van der Waals surface area contributed by atoms with E-state index in [0.717, 1.165) is 5.56 Å². The summed E-state index contributed by atoms with van der Waals surface area (Å²) in [6.45, 7) is 4.35. The molecule has 1 aliphatic heterocycles. The minimum absolute atomic E-state index is 0.0453. The average molecular weight is 475 g/mol. The van der Waals surface area contributed by atoms with E-state index < -0.39 is 21.9 Å². The van der Waals surface area contributed by atoms with Gasteiger partial charge in [0.2, 0.25) is 15.9 Å². The Bertz CT molecular complexity index is 1130. The maximum atomic E-state index is 13.5. The highest BCUT2D eigenvalue weighted by Gasteiger charge is 2.35. The molecular weight excluding hydrogens is 444 g/mol. The normalized spacial score (nSPS) is 16.9. The lowest BCUT2D eigenvalue weighted by Gasteiger charge is -2.31. The lowest BCUT2D eigenvalue weighted by atomic mass is 9.98. The van der Waals surface area contributed by atoms with Gasteiger partial charge in [-0.2, -0.15) is 4.31 Å². The molecule has 0 spiro atoms. The van der Waals surface area contributed by atoms with Crippen molar-refractivity contribution in [2.24, 2.45) is 5.92 Å². The summed E-state index contributed by atoms with van der Waals surface area (Å²) < 4.78 is 38.5. The average Bonchev–Trinajstić information content (AvgIpc) is 2.83. The van der Waals surface area contributed by atoms with Crippen molar-refractivity contribution in [3.8, 4) is 5.75 Å². The standard InChI is InChI=1S/C24H30N2O6S/c1-16(2)17-11-12-21(31-3)22(14-17)33(29,30)26-13-7-8-18(15-26)23(27)25-20-10-6-5-9-19(20)24(28)32-4/h5-6,9-12,14,16,18H,7-8,13,15H2,1-4H3,(H,25,27)/t18-/m1/s1. The molecule has 0 saturated carbocycles. The van der Waals surface area contributed by atoms with Gasteiger partial charge in [0, 0.05) is 13.1 Å². The fraction of sp³-hybridized carbons (Fsp3) is 0.417. The number of piperidine rings is 1. The summed E-state index contributed by atoms with van der Waals surface area (Å²) in [6, 6.07) is 11.7. The van der Waals surface area contributed by atoms with E-state index in [1.807, 2.05) is 19.9 Å². The number of benzene rings is 2. The van der Waals surface area contributed by atoms with Crippen molar-refractivity contribution in [3.05, 3.63) is 53.6 Å². The highest BCUT2D eigenvalue weighted by atomic mass is 32.2. The summed E-state index contributed by atoms with van der Waals surface area (Å²) in [5.74, 6) is -1.03. The van der Waals surface area contributed by atoms with Gasteiger partial charge >= 0.3 is 5.97 Å². The molecule has 0 aromatic heterocycles. The largest absolute Gasteiger partial charge is 0.495 e. The van der Waals surface area contributed by atoms with E-state index in [2.05, 4.69) is 5.32 Å². The summed E-state index contributed by atoms with van der Waals surface area (Å²) >= 11 is 0. The number of para-hydroxylation sites is 1. The Kier molecular flexibility index (Phi) is 7.76. The summed E-state index contributed by atoms with van der Waals surface area (Å²) in [4.78, 5) is 25.1. The predicted octanol–water partition coefficient (Wildman–Crippen LogP) is 3.64. The van der Waals surface area contributed by atoms with Gasteiger partial charge in [-0.05, 0) is 48.6 Å². The van der Waals surface area contributed by atoms with E-state index in [4.69, 9.17) is 9.47 Å². The van der Waals surface area contributed by atoms with Crippen LogP contribution in [0.15, 0.2) is 47.4 Å². The summed E-state index contributed by atoms with van der Waals surface area (Å²) in [5, 5.41) is 2.77. The Morgan fingerprint density at radius 3 is 2.52 bits per heavy atom. The second-order valence-electron chi connectivity index (χ2n) is 8.29. The molecule has 1 amide bonds. The Balaban J connectivity index is 1.83. The van der Waals surface area contributed by atoms with Crippen molar-refractivity contribution in [1.82, 2.24) is 4.31 Å². The molecule has 9 heteroatoms. The molecule has 1 saturated heterocycles. The highest BCUT2D eigenvalue weighted by molar-refractivity contribution is 7.89. The van der Waals surface area contributed by atoms with Crippen molar-refractivity contribution >= 4 is 27.6 Å². The highest BCUT2D eigenvalue weighted by Crippen LogP contribution is 2.32. The first-order chi connectivity index (χ1) is 15.7. The molecule has 1 N–H and O–H groups in total. The number of esters is 1. The third-order valence-electron chi connectivity index (χ3n) is 5.82. The number of ether oxygens (including phenoxy) is 2. The second kappa shape index (κ2) is 10.4. The van der Waals surface area contributed by atoms with Crippen molar-refractivity contribution in [3.63, 3.8) is 0 Å². The van der Waals surface area contributed by atoms with Crippen LogP contribution >= 0.6 is 0 Å². The number of nitrogens with zero attached hydrogens (tertiary/aromatic N) is 1. The molecule has 1 fully saturated rings. The van der Waals surface area contributed by atoms with Crippen LogP contribution in [0.2, 0.25) is 0 Å². The smallest absolute Gasteiger partial charge is 0.339 e. The Labute approximate surface area is 194 Å². The Morgan fingerprint density at radius 1 is 1.12 bits per heavy atom. The first-order valence-electron chi connectivity index (χ1n) is 10.8. The van der Waals surface area contributed by atoms with E-state index in [1.165, 1.54) is 18.5 Å². The van der Waals surface area contributed by atoms with Gasteiger partial charge in [-0.25, -0.2) is 13.2 Å². The molecular formula is C24H30N2O6S. The van der Waals surface area contributed by atoms with Crippen LogP contribution < -0.4 is 10.1 Å². The lowest BCUT2D eigenvalue weighted by molar-refractivity contribution is -0.120. The number of hydrogen-bond donors (Lipinski definition) is 1. The molecule has 33 heavy (non-hydrogen) atoms. The minimum Gasteiger partial charge on any atom is -0.495 e. The quantitative estimate of drug-likeness (QED) is 0.615. The van der Waals surface area contributed by atoms with Gasteiger partial charge in [-0.1, -0.05) is 32.0 Å². The van der Waals surface area contributed by atoms with Gasteiger partial charge in [0.1, 0.15) is 10.6 Å². The van der Waals surface area contributed by atoms with Crippen LogP contribution in [-0.4, -0.2) is 51.9 Å². The number of amides is 1. The summed E-state index contributed by atoms with van der Waals surface area (Å²) in [6.07, 6.45) is 1.09. The zero-order valence-electron chi connectivity index (χ0n) is 19.3. The lowest BCUT2D eigenvalue weighted by Crippen LogP contribution is -2.43. The van der Waals surface area contributed by atoms with E-state index in [-0.39, 0.29) is 34.6 Å². The van der Waals surface area contributed by atoms with E-state index in [9.17, 15) is 18.0 Å². The molecule has 2 aromatic rings. The molecule has 1 aliphatic rings. The monoisotopic (exact) mass is 474 g/mol.